The van der Waals surface area contributed by atoms with Gasteiger partial charge in [-0.15, -0.1) is 6.58 Å². The summed E-state index contributed by atoms with van der Waals surface area (Å²) >= 11 is 0. The van der Waals surface area contributed by atoms with E-state index in [4.69, 9.17) is 25.9 Å². The Labute approximate surface area is 289 Å². The Morgan fingerprint density at radius 3 is 2.69 bits per heavy atom. The molecule has 3 aliphatic rings. The van der Waals surface area contributed by atoms with Gasteiger partial charge in [-0.1, -0.05) is 12.1 Å². The molecule has 0 bridgehead atoms. The van der Waals surface area contributed by atoms with E-state index in [1.807, 2.05) is 9.80 Å². The predicted molar refractivity (Wildman–Crippen MR) is 179 cm³/mol. The normalized spacial score (nSPS) is 22.5. The van der Waals surface area contributed by atoms with E-state index in [1.54, 1.807) is 31.3 Å². The third-order valence-electron chi connectivity index (χ3n) is 10.0. The maximum atomic E-state index is 17.0. The summed E-state index contributed by atoms with van der Waals surface area (Å²) in [7, 11) is 0. The van der Waals surface area contributed by atoms with Crippen molar-refractivity contribution >= 4 is 28.2 Å². The highest BCUT2D eigenvalue weighted by Crippen LogP contribution is 2.47. The summed E-state index contributed by atoms with van der Waals surface area (Å²) in [5.41, 5.74) is 7.18. The van der Waals surface area contributed by atoms with Gasteiger partial charge in [-0.3, -0.25) is 4.90 Å². The smallest absolute Gasteiger partial charge is 0.417 e. The number of hydrogen-bond donors (Lipinski definition) is 2. The van der Waals surface area contributed by atoms with Crippen LogP contribution in [0.5, 0.6) is 11.9 Å². The van der Waals surface area contributed by atoms with Gasteiger partial charge in [0.05, 0.1) is 29.4 Å². The number of nitrogen functional groups attached to an aromatic ring is 2. The van der Waals surface area contributed by atoms with E-state index in [2.05, 4.69) is 21.5 Å². The number of anilines is 3. The number of ether oxygens (including phenoxy) is 2. The van der Waals surface area contributed by atoms with E-state index in [9.17, 15) is 22.0 Å². The fourth-order valence-electron chi connectivity index (χ4n) is 7.82. The molecule has 6 heterocycles. The molecule has 3 aromatic heterocycles. The Bertz CT molecular complexity index is 2030. The molecule has 4 aromatic rings. The fraction of sp³-hybridized carbons (Fsp3) is 0.429. The first-order chi connectivity index (χ1) is 24.2. The number of benzene rings is 1. The first kappa shape index (κ1) is 34.6. The summed E-state index contributed by atoms with van der Waals surface area (Å²) in [6.45, 7) is 7.61. The van der Waals surface area contributed by atoms with Crippen molar-refractivity contribution in [3.05, 3.63) is 65.4 Å². The molecular formula is C35H36F6N8O2. The summed E-state index contributed by atoms with van der Waals surface area (Å²) in [4.78, 5) is 21.5. The Morgan fingerprint density at radius 2 is 1.96 bits per heavy atom. The molecule has 270 valence electrons. The monoisotopic (exact) mass is 714 g/mol. The van der Waals surface area contributed by atoms with Crippen LogP contribution < -0.4 is 25.8 Å². The molecule has 4 N–H and O–H groups in total. The number of nitrogens with zero attached hydrogens (tertiary/aromatic N) is 6. The van der Waals surface area contributed by atoms with Gasteiger partial charge in [-0.2, -0.15) is 23.1 Å². The Hall–Kier alpha value is -4.86. The van der Waals surface area contributed by atoms with Gasteiger partial charge in [0.25, 0.3) is 0 Å². The third kappa shape index (κ3) is 5.92. The first-order valence-corrected chi connectivity index (χ1v) is 16.6. The van der Waals surface area contributed by atoms with E-state index in [-0.39, 0.29) is 55.0 Å². The van der Waals surface area contributed by atoms with Crippen molar-refractivity contribution < 1.29 is 35.8 Å². The second-order valence-electron chi connectivity index (χ2n) is 13.4. The van der Waals surface area contributed by atoms with Crippen LogP contribution >= 0.6 is 0 Å². The zero-order chi connectivity index (χ0) is 36.4. The SMILES string of the molecule is C=CC[C@H](c1cccnc1N)N1C[C@H](C)Oc2nc(-c3cc(N)c(F)c(C)c3C(F)(F)F)c(F)c3nc(OC[C@@]45CCCN4C[C@H](F)C5)nc1c23. The van der Waals surface area contributed by atoms with Crippen molar-refractivity contribution in [2.75, 3.05) is 42.6 Å². The first-order valence-electron chi connectivity index (χ1n) is 16.6. The van der Waals surface area contributed by atoms with Crippen LogP contribution in [0, 0.1) is 18.6 Å². The maximum absolute atomic E-state index is 17.0. The Morgan fingerprint density at radius 1 is 1.18 bits per heavy atom. The Kier molecular flexibility index (Phi) is 8.63. The molecule has 2 fully saturated rings. The largest absolute Gasteiger partial charge is 0.472 e. The van der Waals surface area contributed by atoms with E-state index < -0.39 is 75.3 Å². The highest BCUT2D eigenvalue weighted by molar-refractivity contribution is 5.97. The molecular weight excluding hydrogens is 678 g/mol. The molecule has 0 unspecified atom stereocenters. The van der Waals surface area contributed by atoms with Crippen LogP contribution in [0.15, 0.2) is 37.1 Å². The van der Waals surface area contributed by atoms with Crippen LogP contribution in [0.25, 0.3) is 22.2 Å². The molecule has 16 heteroatoms. The third-order valence-corrected chi connectivity index (χ3v) is 10.0. The number of alkyl halides is 4. The highest BCUT2D eigenvalue weighted by Gasteiger charge is 2.49. The average molecular weight is 715 g/mol. The lowest BCUT2D eigenvalue weighted by Crippen LogP contribution is -2.43. The zero-order valence-electron chi connectivity index (χ0n) is 27.9. The zero-order valence-corrected chi connectivity index (χ0v) is 27.9. The molecule has 0 amide bonds. The van der Waals surface area contributed by atoms with Gasteiger partial charge in [-0.05, 0) is 57.4 Å². The van der Waals surface area contributed by atoms with Crippen molar-refractivity contribution in [3.8, 4) is 23.1 Å². The molecule has 0 aliphatic carbocycles. The Balaban J connectivity index is 1.48. The van der Waals surface area contributed by atoms with E-state index in [0.29, 0.717) is 31.0 Å². The predicted octanol–water partition coefficient (Wildman–Crippen LogP) is 6.72. The van der Waals surface area contributed by atoms with Crippen LogP contribution in [0.2, 0.25) is 0 Å². The van der Waals surface area contributed by atoms with Gasteiger partial charge in [0.2, 0.25) is 5.88 Å². The van der Waals surface area contributed by atoms with Crippen molar-refractivity contribution in [3.63, 3.8) is 0 Å². The average Bonchev–Trinajstić information content (AvgIpc) is 3.55. The number of aromatic nitrogens is 4. The summed E-state index contributed by atoms with van der Waals surface area (Å²) in [6.07, 6.45) is -1.54. The van der Waals surface area contributed by atoms with Gasteiger partial charge in [-0.25, -0.2) is 23.1 Å². The number of nitrogens with two attached hydrogens (primary N) is 2. The quantitative estimate of drug-likeness (QED) is 0.115. The minimum atomic E-state index is -5.11. The van der Waals surface area contributed by atoms with E-state index in [1.165, 1.54) is 0 Å². The number of fused-ring (bicyclic) bond motifs is 1. The van der Waals surface area contributed by atoms with Crippen LogP contribution in [0.1, 0.15) is 55.3 Å². The lowest BCUT2D eigenvalue weighted by molar-refractivity contribution is -0.137. The van der Waals surface area contributed by atoms with E-state index in [0.717, 1.165) is 13.3 Å². The van der Waals surface area contributed by atoms with Gasteiger partial charge in [0.15, 0.2) is 5.82 Å². The molecule has 7 rings (SSSR count). The lowest BCUT2D eigenvalue weighted by atomic mass is 9.95. The summed E-state index contributed by atoms with van der Waals surface area (Å²) in [5, 5.41) is -0.0322. The van der Waals surface area contributed by atoms with Crippen molar-refractivity contribution in [1.82, 2.24) is 24.8 Å². The lowest BCUT2D eigenvalue weighted by Gasteiger charge is -2.34. The van der Waals surface area contributed by atoms with Crippen LogP contribution in [-0.2, 0) is 6.18 Å². The van der Waals surface area contributed by atoms with Crippen molar-refractivity contribution in [1.29, 1.82) is 0 Å². The second-order valence-corrected chi connectivity index (χ2v) is 13.4. The minimum Gasteiger partial charge on any atom is -0.472 e. The van der Waals surface area contributed by atoms with E-state index >= 15 is 4.39 Å². The van der Waals surface area contributed by atoms with Crippen LogP contribution in [-0.4, -0.2) is 68.9 Å². The van der Waals surface area contributed by atoms with Gasteiger partial charge >= 0.3 is 12.2 Å². The molecule has 51 heavy (non-hydrogen) atoms. The summed E-state index contributed by atoms with van der Waals surface area (Å²) < 4.78 is 102. The highest BCUT2D eigenvalue weighted by atomic mass is 19.4. The second kappa shape index (κ2) is 12.7. The molecule has 1 aromatic carbocycles. The summed E-state index contributed by atoms with van der Waals surface area (Å²) in [6, 6.07) is 3.35. The number of rotatable bonds is 8. The van der Waals surface area contributed by atoms with Crippen molar-refractivity contribution in [2.24, 2.45) is 0 Å². The van der Waals surface area contributed by atoms with Gasteiger partial charge in [0, 0.05) is 30.3 Å². The summed E-state index contributed by atoms with van der Waals surface area (Å²) in [5.74, 6) is -2.45. The van der Waals surface area contributed by atoms with Crippen LogP contribution in [0.4, 0.5) is 43.7 Å². The van der Waals surface area contributed by atoms with Crippen LogP contribution in [0.3, 0.4) is 0 Å². The molecule has 0 radical (unpaired) electrons. The topological polar surface area (TPSA) is 129 Å². The molecule has 0 saturated carbocycles. The molecule has 4 atom stereocenters. The maximum Gasteiger partial charge on any atom is 0.417 e. The molecule has 2 saturated heterocycles. The minimum absolute atomic E-state index is 0.00472. The standard InChI is InChI=1S/C35H36F6N8O2/c1-4-7-23(20-8-5-10-44-30(20)43)49-14-17(2)51-32-24-29(27(38)28(45-32)21-12-22(42)26(37)18(3)25(21)35(39,40)41)46-33(47-31(24)49)50-16-34-9-6-11-48(34)15-19(36)13-34/h4-5,8,10,12,17,19,23H,1,6-7,9,11,13-16,42H2,2-3H3,(H2,43,44)/t17-,19+,23+,34-/m0/s1. The number of halogens is 6. The molecule has 10 nitrogen and oxygen atoms in total. The van der Waals surface area contributed by atoms with Gasteiger partial charge in [0.1, 0.15) is 52.9 Å². The van der Waals surface area contributed by atoms with Gasteiger partial charge < -0.3 is 25.8 Å². The number of pyridine rings is 2. The fourth-order valence-corrected chi connectivity index (χ4v) is 7.82. The van der Waals surface area contributed by atoms with Crippen molar-refractivity contribution in [2.45, 2.75) is 69.6 Å². The number of hydrogen-bond acceptors (Lipinski definition) is 10. The molecule has 0 spiro atoms. The molecule has 3 aliphatic heterocycles.